The molecule has 10 heteroatoms. The number of ether oxygens (including phenoxy) is 1. The van der Waals surface area contributed by atoms with Crippen LogP contribution >= 0.6 is 15.9 Å². The van der Waals surface area contributed by atoms with Crippen LogP contribution in [0.1, 0.15) is 46.1 Å². The van der Waals surface area contributed by atoms with Crippen LogP contribution in [0.4, 0.5) is 5.69 Å². The number of nitrogens with zero attached hydrogens (tertiary/aromatic N) is 2. The summed E-state index contributed by atoms with van der Waals surface area (Å²) in [6, 6.07) is 13.7. The highest BCUT2D eigenvalue weighted by atomic mass is 79.9. The van der Waals surface area contributed by atoms with Gasteiger partial charge in [0, 0.05) is 30.5 Å². The molecule has 37 heavy (non-hydrogen) atoms. The largest absolute Gasteiger partial charge is 0.494 e. The standard InChI is InChI=1S/C27H38BrN3O5S/c1-6-36-25-15-13-24(14-16-25)31(37(5,34)35)17-7-8-26(32)30(19-22-9-11-23(28)12-10-22)21(4)27(33)29-18-20(2)3/h9-16,20-21H,6-8,17-19H2,1-5H3,(H,29,33)/t21-/m1/s1. The van der Waals surface area contributed by atoms with Gasteiger partial charge in [0.25, 0.3) is 0 Å². The number of rotatable bonds is 14. The normalized spacial score (nSPS) is 12.2. The second-order valence-electron chi connectivity index (χ2n) is 9.33. The fourth-order valence-corrected chi connectivity index (χ4v) is 4.93. The van der Waals surface area contributed by atoms with Gasteiger partial charge in [0.2, 0.25) is 21.8 Å². The van der Waals surface area contributed by atoms with E-state index in [1.165, 1.54) is 4.31 Å². The first-order valence-corrected chi connectivity index (χ1v) is 15.1. The topological polar surface area (TPSA) is 96.0 Å². The van der Waals surface area contributed by atoms with Crippen molar-refractivity contribution in [2.45, 2.75) is 53.1 Å². The molecule has 0 aliphatic heterocycles. The van der Waals surface area contributed by atoms with Crippen molar-refractivity contribution in [3.8, 4) is 5.75 Å². The Kier molecular flexibility index (Phi) is 11.9. The van der Waals surface area contributed by atoms with E-state index in [4.69, 9.17) is 4.74 Å². The lowest BCUT2D eigenvalue weighted by Crippen LogP contribution is -2.48. The summed E-state index contributed by atoms with van der Waals surface area (Å²) in [5.74, 6) is 0.515. The lowest BCUT2D eigenvalue weighted by Gasteiger charge is -2.29. The van der Waals surface area contributed by atoms with Gasteiger partial charge < -0.3 is 15.0 Å². The highest BCUT2D eigenvalue weighted by Crippen LogP contribution is 2.23. The molecule has 204 valence electrons. The zero-order valence-electron chi connectivity index (χ0n) is 22.2. The molecule has 1 atom stereocenters. The maximum Gasteiger partial charge on any atom is 0.242 e. The van der Waals surface area contributed by atoms with Crippen molar-refractivity contribution in [1.29, 1.82) is 0 Å². The predicted molar refractivity (Wildman–Crippen MR) is 151 cm³/mol. The van der Waals surface area contributed by atoms with Crippen molar-refractivity contribution in [3.63, 3.8) is 0 Å². The molecule has 0 heterocycles. The van der Waals surface area contributed by atoms with Gasteiger partial charge in [0.15, 0.2) is 0 Å². The minimum atomic E-state index is -3.56. The Balaban J connectivity index is 2.14. The molecule has 2 rings (SSSR count). The van der Waals surface area contributed by atoms with Crippen LogP contribution in [0.15, 0.2) is 53.0 Å². The molecule has 0 bridgehead atoms. The minimum absolute atomic E-state index is 0.0986. The minimum Gasteiger partial charge on any atom is -0.494 e. The summed E-state index contributed by atoms with van der Waals surface area (Å²) in [7, 11) is -3.56. The van der Waals surface area contributed by atoms with Crippen LogP contribution in [-0.4, -0.2) is 57.1 Å². The third-order valence-corrected chi connectivity index (χ3v) is 7.43. The highest BCUT2D eigenvalue weighted by molar-refractivity contribution is 9.10. The monoisotopic (exact) mass is 595 g/mol. The smallest absolute Gasteiger partial charge is 0.242 e. The number of hydrogen-bond acceptors (Lipinski definition) is 5. The second kappa shape index (κ2) is 14.4. The quantitative estimate of drug-likeness (QED) is 0.345. The first kappa shape index (κ1) is 30.6. The Bertz CT molecular complexity index is 1120. The molecule has 0 aliphatic rings. The molecule has 0 spiro atoms. The third-order valence-electron chi connectivity index (χ3n) is 5.71. The van der Waals surface area contributed by atoms with Gasteiger partial charge >= 0.3 is 0 Å². The molecule has 0 aromatic heterocycles. The van der Waals surface area contributed by atoms with Crippen LogP contribution in [0.2, 0.25) is 0 Å². The van der Waals surface area contributed by atoms with Crippen molar-refractivity contribution in [2.24, 2.45) is 5.92 Å². The van der Waals surface area contributed by atoms with Crippen LogP contribution in [-0.2, 0) is 26.2 Å². The summed E-state index contributed by atoms with van der Waals surface area (Å²) >= 11 is 3.42. The van der Waals surface area contributed by atoms with Crippen LogP contribution in [0.5, 0.6) is 5.75 Å². The first-order valence-electron chi connectivity index (χ1n) is 12.4. The zero-order chi connectivity index (χ0) is 27.6. The van der Waals surface area contributed by atoms with Gasteiger partial charge in [0.1, 0.15) is 11.8 Å². The first-order chi connectivity index (χ1) is 17.4. The number of halogens is 1. The summed E-state index contributed by atoms with van der Waals surface area (Å²) in [5.41, 5.74) is 1.40. The molecule has 0 radical (unpaired) electrons. The SMILES string of the molecule is CCOc1ccc(N(CCCC(=O)N(Cc2ccc(Br)cc2)[C@H](C)C(=O)NCC(C)C)S(C)(=O)=O)cc1. The fourth-order valence-electron chi connectivity index (χ4n) is 3.70. The maximum absolute atomic E-state index is 13.3. The van der Waals surface area contributed by atoms with E-state index in [-0.39, 0.29) is 37.2 Å². The van der Waals surface area contributed by atoms with Gasteiger partial charge in [-0.3, -0.25) is 13.9 Å². The third kappa shape index (κ3) is 10.0. The number of hydrogen-bond donors (Lipinski definition) is 1. The Labute approximate surface area is 229 Å². The number of nitrogens with one attached hydrogen (secondary N) is 1. The van der Waals surface area contributed by atoms with Crippen LogP contribution in [0, 0.1) is 5.92 Å². The van der Waals surface area contributed by atoms with Crippen molar-refractivity contribution in [3.05, 3.63) is 58.6 Å². The van der Waals surface area contributed by atoms with E-state index >= 15 is 0 Å². The average molecular weight is 597 g/mol. The Morgan fingerprint density at radius 3 is 2.19 bits per heavy atom. The molecule has 1 N–H and O–H groups in total. The molecular formula is C27H38BrN3O5S. The number of benzene rings is 2. The zero-order valence-corrected chi connectivity index (χ0v) is 24.6. The molecule has 0 aliphatic carbocycles. The molecular weight excluding hydrogens is 558 g/mol. The van der Waals surface area contributed by atoms with E-state index in [1.807, 2.05) is 45.0 Å². The molecule has 2 aromatic rings. The van der Waals surface area contributed by atoms with E-state index < -0.39 is 16.1 Å². The molecule has 0 saturated heterocycles. The van der Waals surface area contributed by atoms with Crippen LogP contribution in [0.25, 0.3) is 0 Å². The number of sulfonamides is 1. The van der Waals surface area contributed by atoms with Gasteiger partial charge in [-0.15, -0.1) is 0 Å². The number of carbonyl (C=O) groups excluding carboxylic acids is 2. The van der Waals surface area contributed by atoms with E-state index in [2.05, 4.69) is 21.2 Å². The van der Waals surface area contributed by atoms with E-state index in [0.717, 1.165) is 16.3 Å². The van der Waals surface area contributed by atoms with Crippen molar-refractivity contribution in [1.82, 2.24) is 10.2 Å². The summed E-state index contributed by atoms with van der Waals surface area (Å²) in [4.78, 5) is 27.7. The molecule has 0 saturated carbocycles. The van der Waals surface area contributed by atoms with Gasteiger partial charge in [0.05, 0.1) is 18.6 Å². The molecule has 0 unspecified atom stereocenters. The van der Waals surface area contributed by atoms with Gasteiger partial charge in [-0.1, -0.05) is 41.9 Å². The molecule has 0 fully saturated rings. The average Bonchev–Trinajstić information content (AvgIpc) is 2.84. The Morgan fingerprint density at radius 1 is 1.03 bits per heavy atom. The van der Waals surface area contributed by atoms with Crippen molar-refractivity contribution >= 4 is 43.5 Å². The fraction of sp³-hybridized carbons (Fsp3) is 0.481. The van der Waals surface area contributed by atoms with Crippen molar-refractivity contribution in [2.75, 3.05) is 30.3 Å². The second-order valence-corrected chi connectivity index (χ2v) is 12.2. The van der Waals surface area contributed by atoms with Gasteiger partial charge in [-0.2, -0.15) is 0 Å². The van der Waals surface area contributed by atoms with Gasteiger partial charge in [-0.25, -0.2) is 8.42 Å². The van der Waals surface area contributed by atoms with Crippen LogP contribution < -0.4 is 14.4 Å². The van der Waals surface area contributed by atoms with Crippen molar-refractivity contribution < 1.29 is 22.7 Å². The summed E-state index contributed by atoms with van der Waals surface area (Å²) < 4.78 is 32.6. The molecule has 8 nitrogen and oxygen atoms in total. The highest BCUT2D eigenvalue weighted by Gasteiger charge is 2.26. The lowest BCUT2D eigenvalue weighted by atomic mass is 10.1. The number of carbonyl (C=O) groups is 2. The summed E-state index contributed by atoms with van der Waals surface area (Å²) in [6.07, 6.45) is 1.55. The molecule has 2 amide bonds. The van der Waals surface area contributed by atoms with E-state index in [1.54, 1.807) is 36.1 Å². The Hall–Kier alpha value is -2.59. The summed E-state index contributed by atoms with van der Waals surface area (Å²) in [6.45, 7) is 9.06. The molecule has 2 aromatic carbocycles. The summed E-state index contributed by atoms with van der Waals surface area (Å²) in [5, 5.41) is 2.90. The van der Waals surface area contributed by atoms with Crippen LogP contribution in [0.3, 0.4) is 0 Å². The predicted octanol–water partition coefficient (Wildman–Crippen LogP) is 4.58. The van der Waals surface area contributed by atoms with E-state index in [0.29, 0.717) is 31.0 Å². The van der Waals surface area contributed by atoms with Gasteiger partial charge in [-0.05, 0) is 68.1 Å². The van der Waals surface area contributed by atoms with E-state index in [9.17, 15) is 18.0 Å². The lowest BCUT2D eigenvalue weighted by molar-refractivity contribution is -0.140. The number of anilines is 1. The maximum atomic E-state index is 13.3. The Morgan fingerprint density at radius 2 is 1.65 bits per heavy atom. The number of amides is 2.